The first-order chi connectivity index (χ1) is 9.94. The molecule has 0 bridgehead atoms. The van der Waals surface area contributed by atoms with Gasteiger partial charge in [-0.15, -0.1) is 0 Å². The predicted octanol–water partition coefficient (Wildman–Crippen LogP) is 4.51. The van der Waals surface area contributed by atoms with Crippen molar-refractivity contribution in [3.05, 3.63) is 40.4 Å². The molecule has 21 heavy (non-hydrogen) atoms. The number of nitrogens with zero attached hydrogens (tertiary/aromatic N) is 1. The van der Waals surface area contributed by atoms with Crippen LogP contribution in [0, 0.1) is 12.8 Å². The Bertz CT molecular complexity index is 609. The zero-order valence-corrected chi connectivity index (χ0v) is 14.1. The molecule has 0 atom stereocenters. The maximum absolute atomic E-state index is 5.89. The second-order valence-corrected chi connectivity index (χ2v) is 6.35. The molecule has 2 aromatic rings. The van der Waals surface area contributed by atoms with Gasteiger partial charge in [0.05, 0.1) is 12.3 Å². The van der Waals surface area contributed by atoms with Gasteiger partial charge >= 0.3 is 0 Å². The third-order valence-corrected chi connectivity index (χ3v) is 3.22. The van der Waals surface area contributed by atoms with Crippen LogP contribution in [0.5, 0.6) is 5.88 Å². The number of nitrogens with one attached hydrogen (secondary N) is 1. The molecule has 0 aliphatic rings. The third kappa shape index (κ3) is 4.63. The quantitative estimate of drug-likeness (QED) is 0.833. The van der Waals surface area contributed by atoms with Crippen molar-refractivity contribution in [2.75, 3.05) is 17.7 Å². The molecule has 0 aliphatic heterocycles. The maximum atomic E-state index is 5.89. The van der Waals surface area contributed by atoms with Crippen LogP contribution in [-0.2, 0) is 0 Å². The minimum atomic E-state index is 0.426. The molecule has 0 saturated carbocycles. The highest BCUT2D eigenvalue weighted by Gasteiger charge is 2.06. The Labute approximate surface area is 133 Å². The number of aryl methyl sites for hydroxylation is 1. The van der Waals surface area contributed by atoms with E-state index in [1.807, 2.05) is 19.1 Å². The van der Waals surface area contributed by atoms with E-state index in [1.54, 1.807) is 6.07 Å². The number of ether oxygens (including phenoxy) is 1. The molecule has 0 aliphatic carbocycles. The van der Waals surface area contributed by atoms with E-state index >= 15 is 0 Å². The van der Waals surface area contributed by atoms with Gasteiger partial charge in [0.2, 0.25) is 5.88 Å². The van der Waals surface area contributed by atoms with Crippen molar-refractivity contribution in [1.29, 1.82) is 0 Å². The van der Waals surface area contributed by atoms with Crippen molar-refractivity contribution >= 4 is 33.1 Å². The molecule has 1 aromatic carbocycles. The summed E-state index contributed by atoms with van der Waals surface area (Å²) in [5.74, 6) is 1.61. The molecule has 0 saturated heterocycles. The van der Waals surface area contributed by atoms with Gasteiger partial charge in [-0.3, -0.25) is 0 Å². The fourth-order valence-electron chi connectivity index (χ4n) is 1.84. The first-order valence-electron chi connectivity index (χ1n) is 6.87. The molecule has 0 fully saturated rings. The maximum Gasteiger partial charge on any atom is 0.239 e. The van der Waals surface area contributed by atoms with Crippen LogP contribution < -0.4 is 15.8 Å². The van der Waals surface area contributed by atoms with Gasteiger partial charge in [0.1, 0.15) is 5.82 Å². The van der Waals surface area contributed by atoms with E-state index in [9.17, 15) is 0 Å². The Hall–Kier alpha value is -1.75. The molecule has 3 N–H and O–H groups in total. The lowest BCUT2D eigenvalue weighted by molar-refractivity contribution is 0.263. The highest BCUT2D eigenvalue weighted by atomic mass is 79.9. The monoisotopic (exact) mass is 349 g/mol. The van der Waals surface area contributed by atoms with Gasteiger partial charge in [-0.2, -0.15) is 4.98 Å². The van der Waals surface area contributed by atoms with Crippen LogP contribution in [0.25, 0.3) is 0 Å². The summed E-state index contributed by atoms with van der Waals surface area (Å²) in [6.07, 6.45) is 0. The van der Waals surface area contributed by atoms with Crippen molar-refractivity contribution in [2.45, 2.75) is 20.8 Å². The highest BCUT2D eigenvalue weighted by molar-refractivity contribution is 9.10. The number of halogens is 1. The van der Waals surface area contributed by atoms with E-state index in [4.69, 9.17) is 10.5 Å². The molecule has 0 radical (unpaired) electrons. The van der Waals surface area contributed by atoms with Gasteiger partial charge < -0.3 is 15.8 Å². The minimum absolute atomic E-state index is 0.426. The lowest BCUT2D eigenvalue weighted by atomic mass is 10.2. The number of rotatable bonds is 5. The van der Waals surface area contributed by atoms with Crippen molar-refractivity contribution in [3.63, 3.8) is 0 Å². The Balaban J connectivity index is 2.18. The number of hydrogen-bond donors (Lipinski definition) is 2. The Morgan fingerprint density at radius 3 is 2.71 bits per heavy atom. The molecule has 0 amide bonds. The first kappa shape index (κ1) is 15.6. The number of benzene rings is 1. The fraction of sp³-hybridized carbons (Fsp3) is 0.312. The lowest BCUT2D eigenvalue weighted by Gasteiger charge is -2.12. The van der Waals surface area contributed by atoms with Crippen LogP contribution in [0.2, 0.25) is 0 Å². The molecule has 4 nitrogen and oxygen atoms in total. The number of nitrogen functional groups attached to an aromatic ring is 1. The largest absolute Gasteiger partial charge is 0.476 e. The van der Waals surface area contributed by atoms with Gasteiger partial charge in [0.15, 0.2) is 0 Å². The summed E-state index contributed by atoms with van der Waals surface area (Å²) in [5, 5.41) is 3.26. The molecule has 0 spiro atoms. The van der Waals surface area contributed by atoms with E-state index in [1.165, 1.54) is 5.56 Å². The minimum Gasteiger partial charge on any atom is -0.476 e. The summed E-state index contributed by atoms with van der Waals surface area (Å²) in [4.78, 5) is 4.43. The van der Waals surface area contributed by atoms with E-state index in [0.717, 1.165) is 10.2 Å². The average Bonchev–Trinajstić information content (AvgIpc) is 2.38. The van der Waals surface area contributed by atoms with E-state index in [0.29, 0.717) is 29.9 Å². The number of pyridine rings is 1. The Morgan fingerprint density at radius 2 is 2.05 bits per heavy atom. The summed E-state index contributed by atoms with van der Waals surface area (Å²) in [5.41, 5.74) is 8.57. The molecule has 112 valence electrons. The number of anilines is 3. The Morgan fingerprint density at radius 1 is 1.29 bits per heavy atom. The van der Waals surface area contributed by atoms with Crippen molar-refractivity contribution < 1.29 is 4.74 Å². The fourth-order valence-corrected chi connectivity index (χ4v) is 2.45. The van der Waals surface area contributed by atoms with Crippen LogP contribution in [-0.4, -0.2) is 11.6 Å². The summed E-state index contributed by atoms with van der Waals surface area (Å²) in [7, 11) is 0. The molecule has 1 aromatic heterocycles. The summed E-state index contributed by atoms with van der Waals surface area (Å²) in [6, 6.07) is 9.75. The SMILES string of the molecule is Cc1cc(Br)cc(Nc2ccc(N)c(OCC(C)C)n2)c1. The molecule has 2 rings (SSSR count). The van der Waals surface area contributed by atoms with Crippen LogP contribution in [0.1, 0.15) is 19.4 Å². The van der Waals surface area contributed by atoms with Crippen LogP contribution in [0.4, 0.5) is 17.2 Å². The second kappa shape index (κ2) is 6.80. The Kier molecular flexibility index (Phi) is 5.07. The molecular weight excluding hydrogens is 330 g/mol. The average molecular weight is 350 g/mol. The van der Waals surface area contributed by atoms with Crippen molar-refractivity contribution in [2.24, 2.45) is 5.92 Å². The van der Waals surface area contributed by atoms with Crippen LogP contribution in [0.15, 0.2) is 34.8 Å². The lowest BCUT2D eigenvalue weighted by Crippen LogP contribution is -2.08. The van der Waals surface area contributed by atoms with Gasteiger partial charge in [-0.1, -0.05) is 29.8 Å². The zero-order chi connectivity index (χ0) is 15.4. The summed E-state index contributed by atoms with van der Waals surface area (Å²) >= 11 is 3.49. The van der Waals surface area contributed by atoms with Gasteiger partial charge in [0, 0.05) is 10.2 Å². The number of aromatic nitrogens is 1. The summed E-state index contributed by atoms with van der Waals surface area (Å²) in [6.45, 7) is 6.81. The van der Waals surface area contributed by atoms with E-state index in [-0.39, 0.29) is 0 Å². The van der Waals surface area contributed by atoms with Gasteiger partial charge in [-0.05, 0) is 48.7 Å². The van der Waals surface area contributed by atoms with E-state index < -0.39 is 0 Å². The highest BCUT2D eigenvalue weighted by Crippen LogP contribution is 2.25. The summed E-state index contributed by atoms with van der Waals surface area (Å²) < 4.78 is 6.66. The smallest absolute Gasteiger partial charge is 0.239 e. The van der Waals surface area contributed by atoms with E-state index in [2.05, 4.69) is 52.2 Å². The first-order valence-corrected chi connectivity index (χ1v) is 7.67. The zero-order valence-electron chi connectivity index (χ0n) is 12.5. The van der Waals surface area contributed by atoms with Crippen LogP contribution >= 0.6 is 15.9 Å². The normalized spacial score (nSPS) is 10.7. The van der Waals surface area contributed by atoms with Crippen molar-refractivity contribution in [1.82, 2.24) is 4.98 Å². The molecule has 0 unspecified atom stereocenters. The standard InChI is InChI=1S/C16H20BrN3O/c1-10(2)9-21-16-14(18)4-5-15(20-16)19-13-7-11(3)6-12(17)8-13/h4-8,10H,9,18H2,1-3H3,(H,19,20). The predicted molar refractivity (Wildman–Crippen MR) is 91.1 cm³/mol. The van der Waals surface area contributed by atoms with Gasteiger partial charge in [-0.25, -0.2) is 0 Å². The van der Waals surface area contributed by atoms with Crippen molar-refractivity contribution in [3.8, 4) is 5.88 Å². The second-order valence-electron chi connectivity index (χ2n) is 5.44. The number of nitrogens with two attached hydrogens (primary N) is 1. The van der Waals surface area contributed by atoms with Gasteiger partial charge in [0.25, 0.3) is 0 Å². The number of hydrogen-bond acceptors (Lipinski definition) is 4. The topological polar surface area (TPSA) is 60.2 Å². The molecular formula is C16H20BrN3O. The molecule has 1 heterocycles. The third-order valence-electron chi connectivity index (χ3n) is 2.76. The molecule has 5 heteroatoms. The van der Waals surface area contributed by atoms with Crippen LogP contribution in [0.3, 0.4) is 0 Å².